The second kappa shape index (κ2) is 8.14. The van der Waals surface area contributed by atoms with Crippen molar-refractivity contribution in [1.29, 1.82) is 0 Å². The standard InChI is InChI=1S/C17H21BrN4O.ClH/c1-11-9-19-8-7-16(11)21-17(23)15-10-20-22(12(15)2)14-5-3-13(18)4-6-14;/h3-6,10-11,16,19H,7-9H2,1-2H3,(H,21,23);1H. The Morgan fingerprint density at radius 2 is 2.08 bits per heavy atom. The Kier molecular flexibility index (Phi) is 6.43. The van der Waals surface area contributed by atoms with Gasteiger partial charge in [-0.05, 0) is 56.6 Å². The van der Waals surface area contributed by atoms with Gasteiger partial charge in [-0.3, -0.25) is 4.79 Å². The highest BCUT2D eigenvalue weighted by atomic mass is 79.9. The summed E-state index contributed by atoms with van der Waals surface area (Å²) in [5, 5.41) is 10.9. The van der Waals surface area contributed by atoms with Gasteiger partial charge in [0.05, 0.1) is 23.1 Å². The number of carbonyl (C=O) groups excluding carboxylic acids is 1. The Balaban J connectivity index is 0.00000208. The van der Waals surface area contributed by atoms with Crippen molar-refractivity contribution in [3.63, 3.8) is 0 Å². The first-order chi connectivity index (χ1) is 11.1. The minimum Gasteiger partial charge on any atom is -0.349 e. The summed E-state index contributed by atoms with van der Waals surface area (Å²) in [5.74, 6) is 0.402. The van der Waals surface area contributed by atoms with Crippen molar-refractivity contribution in [2.45, 2.75) is 26.3 Å². The Labute approximate surface area is 156 Å². The second-order valence-electron chi connectivity index (χ2n) is 6.08. The Morgan fingerprint density at radius 3 is 2.75 bits per heavy atom. The van der Waals surface area contributed by atoms with Crippen LogP contribution in [0.25, 0.3) is 5.69 Å². The third-order valence-corrected chi connectivity index (χ3v) is 4.96. The number of nitrogens with zero attached hydrogens (tertiary/aromatic N) is 2. The number of aromatic nitrogens is 2. The predicted molar refractivity (Wildman–Crippen MR) is 101 cm³/mol. The summed E-state index contributed by atoms with van der Waals surface area (Å²) in [5.41, 5.74) is 2.44. The number of hydrogen-bond donors (Lipinski definition) is 2. The number of rotatable bonds is 3. The minimum atomic E-state index is -0.0374. The van der Waals surface area contributed by atoms with Gasteiger partial charge < -0.3 is 10.6 Å². The molecule has 5 nitrogen and oxygen atoms in total. The van der Waals surface area contributed by atoms with Crippen LogP contribution < -0.4 is 10.6 Å². The van der Waals surface area contributed by atoms with Crippen LogP contribution in [0.2, 0.25) is 0 Å². The lowest BCUT2D eigenvalue weighted by molar-refractivity contribution is 0.0913. The molecule has 1 saturated heterocycles. The number of carbonyl (C=O) groups is 1. The highest BCUT2D eigenvalue weighted by Gasteiger charge is 2.24. The van der Waals surface area contributed by atoms with E-state index in [0.717, 1.165) is 35.4 Å². The van der Waals surface area contributed by atoms with Crippen molar-refractivity contribution in [2.75, 3.05) is 13.1 Å². The molecule has 2 aromatic rings. The smallest absolute Gasteiger partial charge is 0.254 e. The normalized spacial score (nSPS) is 20.3. The van der Waals surface area contributed by atoms with E-state index in [0.29, 0.717) is 11.5 Å². The first kappa shape index (κ1) is 19.0. The summed E-state index contributed by atoms with van der Waals surface area (Å²) in [7, 11) is 0. The van der Waals surface area contributed by atoms with E-state index in [4.69, 9.17) is 0 Å². The van der Waals surface area contributed by atoms with Crippen LogP contribution in [0.4, 0.5) is 0 Å². The van der Waals surface area contributed by atoms with Crippen LogP contribution in [0.15, 0.2) is 34.9 Å². The molecule has 1 aromatic heterocycles. The fourth-order valence-corrected chi connectivity index (χ4v) is 3.21. The van der Waals surface area contributed by atoms with Gasteiger partial charge >= 0.3 is 0 Å². The molecule has 2 atom stereocenters. The van der Waals surface area contributed by atoms with Crippen molar-refractivity contribution in [1.82, 2.24) is 20.4 Å². The molecular formula is C17H22BrClN4O. The zero-order chi connectivity index (χ0) is 16.4. The third-order valence-electron chi connectivity index (χ3n) is 4.43. The van der Waals surface area contributed by atoms with E-state index in [2.05, 4.69) is 38.6 Å². The van der Waals surface area contributed by atoms with Crippen molar-refractivity contribution in [3.8, 4) is 5.69 Å². The van der Waals surface area contributed by atoms with Gasteiger partial charge in [0.1, 0.15) is 0 Å². The van der Waals surface area contributed by atoms with Crippen LogP contribution in [-0.2, 0) is 0 Å². The van der Waals surface area contributed by atoms with Crippen LogP contribution in [0, 0.1) is 12.8 Å². The number of nitrogens with one attached hydrogen (secondary N) is 2. The van der Waals surface area contributed by atoms with Crippen molar-refractivity contribution < 1.29 is 4.79 Å². The molecule has 0 spiro atoms. The van der Waals surface area contributed by atoms with E-state index in [1.165, 1.54) is 0 Å². The van der Waals surface area contributed by atoms with E-state index in [9.17, 15) is 4.79 Å². The fourth-order valence-electron chi connectivity index (χ4n) is 2.95. The number of amides is 1. The maximum atomic E-state index is 12.6. The Bertz CT molecular complexity index is 701. The van der Waals surface area contributed by atoms with Gasteiger partial charge in [-0.15, -0.1) is 12.4 Å². The molecule has 2 heterocycles. The second-order valence-corrected chi connectivity index (χ2v) is 7.00. The predicted octanol–water partition coefficient (Wildman–Crippen LogP) is 3.09. The summed E-state index contributed by atoms with van der Waals surface area (Å²) < 4.78 is 2.82. The molecular weight excluding hydrogens is 392 g/mol. The molecule has 24 heavy (non-hydrogen) atoms. The zero-order valence-electron chi connectivity index (χ0n) is 13.8. The van der Waals surface area contributed by atoms with Crippen molar-refractivity contribution >= 4 is 34.2 Å². The van der Waals surface area contributed by atoms with Gasteiger partial charge in [-0.25, -0.2) is 4.68 Å². The quantitative estimate of drug-likeness (QED) is 0.813. The molecule has 0 saturated carbocycles. The SMILES string of the molecule is Cc1c(C(=O)NC2CCNCC2C)cnn1-c1ccc(Br)cc1.Cl. The van der Waals surface area contributed by atoms with E-state index in [-0.39, 0.29) is 24.4 Å². The lowest BCUT2D eigenvalue weighted by Gasteiger charge is -2.30. The average Bonchev–Trinajstić information content (AvgIpc) is 2.92. The number of benzene rings is 1. The maximum absolute atomic E-state index is 12.6. The van der Waals surface area contributed by atoms with Gasteiger partial charge in [0, 0.05) is 10.5 Å². The molecule has 7 heteroatoms. The summed E-state index contributed by atoms with van der Waals surface area (Å²) in [6.45, 7) is 5.99. The molecule has 0 radical (unpaired) electrons. The van der Waals surface area contributed by atoms with E-state index in [1.807, 2.05) is 31.2 Å². The minimum absolute atomic E-state index is 0. The van der Waals surface area contributed by atoms with Crippen LogP contribution in [0.3, 0.4) is 0 Å². The highest BCUT2D eigenvalue weighted by molar-refractivity contribution is 9.10. The topological polar surface area (TPSA) is 59.0 Å². The molecule has 2 N–H and O–H groups in total. The number of piperidine rings is 1. The Morgan fingerprint density at radius 1 is 1.38 bits per heavy atom. The summed E-state index contributed by atoms with van der Waals surface area (Å²) >= 11 is 3.43. The molecule has 130 valence electrons. The van der Waals surface area contributed by atoms with Crippen molar-refractivity contribution in [3.05, 3.63) is 46.2 Å². The molecule has 1 aromatic carbocycles. The molecule has 1 aliphatic rings. The van der Waals surface area contributed by atoms with E-state index >= 15 is 0 Å². The molecule has 0 bridgehead atoms. The largest absolute Gasteiger partial charge is 0.349 e. The first-order valence-electron chi connectivity index (χ1n) is 7.88. The molecule has 1 aliphatic heterocycles. The first-order valence-corrected chi connectivity index (χ1v) is 8.67. The van der Waals surface area contributed by atoms with E-state index in [1.54, 1.807) is 10.9 Å². The average molecular weight is 414 g/mol. The monoisotopic (exact) mass is 412 g/mol. The molecule has 3 rings (SSSR count). The van der Waals surface area contributed by atoms with Gasteiger partial charge in [0.2, 0.25) is 0 Å². The summed E-state index contributed by atoms with van der Waals surface area (Å²) in [4.78, 5) is 12.6. The number of halogens is 2. The lowest BCUT2D eigenvalue weighted by atomic mass is 9.95. The fraction of sp³-hybridized carbons (Fsp3) is 0.412. The van der Waals surface area contributed by atoms with Crippen LogP contribution in [0.1, 0.15) is 29.4 Å². The molecule has 0 aliphatic carbocycles. The van der Waals surface area contributed by atoms with Crippen molar-refractivity contribution in [2.24, 2.45) is 5.92 Å². The molecule has 1 fully saturated rings. The van der Waals surface area contributed by atoms with Gasteiger partial charge in [0.15, 0.2) is 0 Å². The highest BCUT2D eigenvalue weighted by Crippen LogP contribution is 2.18. The summed E-state index contributed by atoms with van der Waals surface area (Å²) in [6, 6.07) is 8.10. The van der Waals surface area contributed by atoms with Gasteiger partial charge in [-0.1, -0.05) is 22.9 Å². The number of hydrogen-bond acceptors (Lipinski definition) is 3. The van der Waals surface area contributed by atoms with Gasteiger partial charge in [-0.2, -0.15) is 5.10 Å². The summed E-state index contributed by atoms with van der Waals surface area (Å²) in [6.07, 6.45) is 2.62. The maximum Gasteiger partial charge on any atom is 0.254 e. The third kappa shape index (κ3) is 3.99. The van der Waals surface area contributed by atoms with Gasteiger partial charge in [0.25, 0.3) is 5.91 Å². The Hall–Kier alpha value is -1.37. The van der Waals surface area contributed by atoms with Crippen LogP contribution in [0.5, 0.6) is 0 Å². The zero-order valence-corrected chi connectivity index (χ0v) is 16.2. The van der Waals surface area contributed by atoms with Crippen LogP contribution >= 0.6 is 28.3 Å². The molecule has 1 amide bonds. The lowest BCUT2D eigenvalue weighted by Crippen LogP contribution is -2.48. The van der Waals surface area contributed by atoms with Crippen LogP contribution in [-0.4, -0.2) is 34.8 Å². The molecule has 2 unspecified atom stereocenters. The van der Waals surface area contributed by atoms with E-state index < -0.39 is 0 Å².